The molecule has 0 bridgehead atoms. The minimum atomic E-state index is 0.0304. The summed E-state index contributed by atoms with van der Waals surface area (Å²) in [5, 5.41) is 0. The third-order valence-electron chi connectivity index (χ3n) is 11.9. The molecule has 0 aromatic rings. The van der Waals surface area contributed by atoms with Crippen LogP contribution in [0.25, 0.3) is 0 Å². The number of carbonyl (C=O) groups excluding carboxylic acids is 1. The molecule has 0 saturated carbocycles. The van der Waals surface area contributed by atoms with E-state index in [-0.39, 0.29) is 5.97 Å². The van der Waals surface area contributed by atoms with E-state index in [1.54, 1.807) is 0 Å². The molecule has 0 N–H and O–H groups in total. The third-order valence-corrected chi connectivity index (χ3v) is 11.9. The number of esters is 1. The Morgan fingerprint density at radius 3 is 0.796 bits per heavy atom. The van der Waals surface area contributed by atoms with Gasteiger partial charge in [-0.25, -0.2) is 0 Å². The second kappa shape index (κ2) is 50.2. The Morgan fingerprint density at radius 2 is 0.519 bits per heavy atom. The van der Waals surface area contributed by atoms with Crippen LogP contribution >= 0.6 is 0 Å². The fourth-order valence-corrected chi connectivity index (χ4v) is 8.08. The van der Waals surface area contributed by atoms with Gasteiger partial charge in [0, 0.05) is 6.42 Å². The van der Waals surface area contributed by atoms with Crippen molar-refractivity contribution in [2.45, 2.75) is 309 Å². The van der Waals surface area contributed by atoms with E-state index < -0.39 is 0 Å². The topological polar surface area (TPSA) is 26.3 Å². The molecular formula is C52H102O2. The molecule has 0 aliphatic rings. The molecule has 0 aliphatic heterocycles. The number of allylic oxidation sites excluding steroid dienone is 2. The molecule has 0 saturated heterocycles. The first-order chi connectivity index (χ1) is 26.8. The van der Waals surface area contributed by atoms with E-state index in [1.807, 2.05) is 0 Å². The molecule has 0 unspecified atom stereocenters. The smallest absolute Gasteiger partial charge is 0.305 e. The zero-order chi connectivity index (χ0) is 38.9. The monoisotopic (exact) mass is 759 g/mol. The standard InChI is InChI=1S/C52H102O2/c1-3-5-7-9-11-13-15-17-19-21-23-25-26-27-28-29-31-33-35-37-39-41-43-45-47-49-51-54-52(53)50-48-46-44-42-40-38-36-34-32-30-24-22-20-18-16-14-12-10-8-6-4-2/h18,20H,3-17,19,21-51H2,1-2H3/b20-18-. The van der Waals surface area contributed by atoms with Gasteiger partial charge < -0.3 is 4.74 Å². The molecule has 0 atom stereocenters. The van der Waals surface area contributed by atoms with Crippen molar-refractivity contribution < 1.29 is 9.53 Å². The predicted molar refractivity (Wildman–Crippen MR) is 244 cm³/mol. The van der Waals surface area contributed by atoms with Crippen molar-refractivity contribution in [3.05, 3.63) is 12.2 Å². The van der Waals surface area contributed by atoms with E-state index in [2.05, 4.69) is 26.0 Å². The zero-order valence-corrected chi connectivity index (χ0v) is 37.7. The van der Waals surface area contributed by atoms with Crippen molar-refractivity contribution in [1.82, 2.24) is 0 Å². The van der Waals surface area contributed by atoms with E-state index >= 15 is 0 Å². The zero-order valence-electron chi connectivity index (χ0n) is 37.7. The molecule has 2 heteroatoms. The molecule has 2 nitrogen and oxygen atoms in total. The first kappa shape index (κ1) is 53.2. The second-order valence-corrected chi connectivity index (χ2v) is 17.5. The molecule has 0 aromatic heterocycles. The normalized spacial score (nSPS) is 11.7. The quantitative estimate of drug-likeness (QED) is 0.0351. The molecule has 0 radical (unpaired) electrons. The Morgan fingerprint density at radius 1 is 0.296 bits per heavy atom. The van der Waals surface area contributed by atoms with Crippen molar-refractivity contribution in [2.75, 3.05) is 6.61 Å². The lowest BCUT2D eigenvalue weighted by molar-refractivity contribution is -0.143. The number of carbonyl (C=O) groups is 1. The SMILES string of the molecule is CCCCCCCC/C=C\CCCCCCCCCCCCCC(=O)OCCCCCCCCCCCCCCCCCCCCCCCCCCCC. The highest BCUT2D eigenvalue weighted by molar-refractivity contribution is 5.69. The van der Waals surface area contributed by atoms with Crippen LogP contribution in [-0.4, -0.2) is 12.6 Å². The third kappa shape index (κ3) is 49.2. The van der Waals surface area contributed by atoms with Gasteiger partial charge in [0.05, 0.1) is 6.61 Å². The molecular weight excluding hydrogens is 657 g/mol. The van der Waals surface area contributed by atoms with Crippen molar-refractivity contribution in [3.63, 3.8) is 0 Å². The van der Waals surface area contributed by atoms with Gasteiger partial charge in [-0.15, -0.1) is 0 Å². The van der Waals surface area contributed by atoms with E-state index in [9.17, 15) is 4.79 Å². The van der Waals surface area contributed by atoms with Gasteiger partial charge in [-0.2, -0.15) is 0 Å². The van der Waals surface area contributed by atoms with Crippen LogP contribution in [0.4, 0.5) is 0 Å². The molecule has 54 heavy (non-hydrogen) atoms. The molecule has 322 valence electrons. The predicted octanol–water partition coefficient (Wildman–Crippen LogP) is 19.1. The Balaban J connectivity index is 3.16. The summed E-state index contributed by atoms with van der Waals surface area (Å²) in [6, 6.07) is 0. The van der Waals surface area contributed by atoms with Gasteiger partial charge >= 0.3 is 5.97 Å². The van der Waals surface area contributed by atoms with Crippen LogP contribution in [0.3, 0.4) is 0 Å². The fourth-order valence-electron chi connectivity index (χ4n) is 8.08. The first-order valence-corrected chi connectivity index (χ1v) is 25.6. The van der Waals surface area contributed by atoms with Crippen molar-refractivity contribution in [1.29, 1.82) is 0 Å². The lowest BCUT2D eigenvalue weighted by Crippen LogP contribution is -2.05. The van der Waals surface area contributed by atoms with Crippen LogP contribution in [-0.2, 0) is 9.53 Å². The summed E-state index contributed by atoms with van der Waals surface area (Å²) in [6.45, 7) is 5.23. The number of unbranched alkanes of at least 4 members (excludes halogenated alkanes) is 42. The van der Waals surface area contributed by atoms with Crippen LogP contribution in [0.15, 0.2) is 12.2 Å². The van der Waals surface area contributed by atoms with Gasteiger partial charge in [0.25, 0.3) is 0 Å². The second-order valence-electron chi connectivity index (χ2n) is 17.5. The van der Waals surface area contributed by atoms with E-state index in [0.29, 0.717) is 13.0 Å². The number of ether oxygens (including phenoxy) is 1. The molecule has 0 aromatic carbocycles. The minimum Gasteiger partial charge on any atom is -0.466 e. The Labute approximate surface area is 342 Å². The summed E-state index contributed by atoms with van der Waals surface area (Å²) < 4.78 is 5.50. The minimum absolute atomic E-state index is 0.0304. The van der Waals surface area contributed by atoms with E-state index in [1.165, 1.54) is 276 Å². The molecule has 0 fully saturated rings. The van der Waals surface area contributed by atoms with E-state index in [4.69, 9.17) is 4.74 Å². The number of hydrogen-bond donors (Lipinski definition) is 0. The number of hydrogen-bond acceptors (Lipinski definition) is 2. The average Bonchev–Trinajstić information content (AvgIpc) is 3.18. The summed E-state index contributed by atoms with van der Waals surface area (Å²) in [7, 11) is 0. The molecule has 0 heterocycles. The first-order valence-electron chi connectivity index (χ1n) is 25.6. The summed E-state index contributed by atoms with van der Waals surface area (Å²) >= 11 is 0. The maximum Gasteiger partial charge on any atom is 0.305 e. The average molecular weight is 759 g/mol. The maximum atomic E-state index is 12.1. The van der Waals surface area contributed by atoms with Crippen molar-refractivity contribution in [2.24, 2.45) is 0 Å². The van der Waals surface area contributed by atoms with Gasteiger partial charge in [0.1, 0.15) is 0 Å². The highest BCUT2D eigenvalue weighted by Crippen LogP contribution is 2.17. The van der Waals surface area contributed by atoms with E-state index in [0.717, 1.165) is 12.8 Å². The van der Waals surface area contributed by atoms with Gasteiger partial charge in [0.15, 0.2) is 0 Å². The van der Waals surface area contributed by atoms with Gasteiger partial charge in [-0.3, -0.25) is 4.79 Å². The fraction of sp³-hybridized carbons (Fsp3) is 0.942. The van der Waals surface area contributed by atoms with Gasteiger partial charge in [-0.1, -0.05) is 276 Å². The Hall–Kier alpha value is -0.790. The lowest BCUT2D eigenvalue weighted by Gasteiger charge is -2.06. The van der Waals surface area contributed by atoms with Crippen LogP contribution in [0.5, 0.6) is 0 Å². The highest BCUT2D eigenvalue weighted by Gasteiger charge is 2.03. The van der Waals surface area contributed by atoms with Crippen molar-refractivity contribution >= 4 is 5.97 Å². The summed E-state index contributed by atoms with van der Waals surface area (Å²) in [5.74, 6) is 0.0304. The summed E-state index contributed by atoms with van der Waals surface area (Å²) in [4.78, 5) is 12.1. The summed E-state index contributed by atoms with van der Waals surface area (Å²) in [5.41, 5.74) is 0. The molecule has 0 rings (SSSR count). The Bertz CT molecular complexity index is 698. The van der Waals surface area contributed by atoms with Crippen LogP contribution < -0.4 is 0 Å². The number of rotatable bonds is 48. The maximum absolute atomic E-state index is 12.1. The highest BCUT2D eigenvalue weighted by atomic mass is 16.5. The van der Waals surface area contributed by atoms with Crippen LogP contribution in [0.2, 0.25) is 0 Å². The van der Waals surface area contributed by atoms with Crippen molar-refractivity contribution in [3.8, 4) is 0 Å². The lowest BCUT2D eigenvalue weighted by atomic mass is 10.0. The largest absolute Gasteiger partial charge is 0.466 e. The van der Waals surface area contributed by atoms with Crippen LogP contribution in [0, 0.1) is 0 Å². The van der Waals surface area contributed by atoms with Crippen LogP contribution in [0.1, 0.15) is 309 Å². The van der Waals surface area contributed by atoms with Gasteiger partial charge in [-0.05, 0) is 38.5 Å². The molecule has 0 spiro atoms. The molecule has 0 aliphatic carbocycles. The summed E-state index contributed by atoms with van der Waals surface area (Å²) in [6.07, 6.45) is 67.9. The van der Waals surface area contributed by atoms with Gasteiger partial charge in [0.2, 0.25) is 0 Å². The molecule has 0 amide bonds. The Kier molecular flexibility index (Phi) is 49.5.